The van der Waals surface area contributed by atoms with E-state index in [1.54, 1.807) is 6.33 Å². The zero-order chi connectivity index (χ0) is 15.0. The maximum absolute atomic E-state index is 4.47. The van der Waals surface area contributed by atoms with Crippen molar-refractivity contribution in [3.63, 3.8) is 0 Å². The van der Waals surface area contributed by atoms with Gasteiger partial charge < -0.3 is 10.6 Å². The summed E-state index contributed by atoms with van der Waals surface area (Å²) in [6.45, 7) is 14.5. The molecule has 4 nitrogen and oxygen atoms in total. The van der Waals surface area contributed by atoms with E-state index < -0.39 is 0 Å². The molecule has 4 heteroatoms. The van der Waals surface area contributed by atoms with Gasteiger partial charge in [-0.15, -0.1) is 0 Å². The van der Waals surface area contributed by atoms with Crippen molar-refractivity contribution < 1.29 is 0 Å². The molecule has 0 spiro atoms. The summed E-state index contributed by atoms with van der Waals surface area (Å²) >= 11 is 0. The lowest BCUT2D eigenvalue weighted by molar-refractivity contribution is 0.457. The first kappa shape index (κ1) is 15.1. The molecule has 1 aliphatic carbocycles. The van der Waals surface area contributed by atoms with E-state index in [1.165, 1.54) is 5.56 Å². The molecule has 2 rings (SSSR count). The molecule has 0 saturated heterocycles. The number of anilines is 2. The van der Waals surface area contributed by atoms with Crippen LogP contribution in [0.15, 0.2) is 6.33 Å². The van der Waals surface area contributed by atoms with Crippen LogP contribution in [0.1, 0.15) is 53.5 Å². The van der Waals surface area contributed by atoms with Crippen LogP contribution in [0, 0.1) is 10.8 Å². The Bertz CT molecular complexity index is 465. The van der Waals surface area contributed by atoms with Gasteiger partial charge in [0, 0.05) is 18.2 Å². The summed E-state index contributed by atoms with van der Waals surface area (Å²) in [6.07, 6.45) is 3.68. The molecule has 20 heavy (non-hydrogen) atoms. The third-order valence-electron chi connectivity index (χ3n) is 5.14. The maximum atomic E-state index is 4.47. The number of aromatic nitrogens is 2. The summed E-state index contributed by atoms with van der Waals surface area (Å²) in [7, 11) is 0. The second-order valence-electron chi connectivity index (χ2n) is 6.85. The number of rotatable bonds is 6. The molecule has 1 heterocycles. The third-order valence-corrected chi connectivity index (χ3v) is 5.14. The van der Waals surface area contributed by atoms with Gasteiger partial charge in [0.2, 0.25) is 0 Å². The van der Waals surface area contributed by atoms with Crippen LogP contribution in [0.5, 0.6) is 0 Å². The van der Waals surface area contributed by atoms with Gasteiger partial charge in [-0.05, 0) is 23.7 Å². The molecule has 0 atom stereocenters. The first-order valence-electron chi connectivity index (χ1n) is 7.70. The van der Waals surface area contributed by atoms with Crippen molar-refractivity contribution >= 4 is 11.6 Å². The minimum atomic E-state index is 0.306. The van der Waals surface area contributed by atoms with Gasteiger partial charge in [-0.1, -0.05) is 41.5 Å². The quantitative estimate of drug-likeness (QED) is 0.831. The van der Waals surface area contributed by atoms with E-state index in [0.717, 1.165) is 31.0 Å². The molecule has 1 aromatic rings. The molecule has 0 bridgehead atoms. The molecule has 0 aromatic carbocycles. The van der Waals surface area contributed by atoms with Crippen molar-refractivity contribution in [1.82, 2.24) is 9.97 Å². The molecular formula is C16H28N4. The Morgan fingerprint density at radius 2 is 1.65 bits per heavy atom. The van der Waals surface area contributed by atoms with Crippen molar-refractivity contribution in [2.75, 3.05) is 17.2 Å². The fourth-order valence-corrected chi connectivity index (χ4v) is 2.96. The van der Waals surface area contributed by atoms with Crippen molar-refractivity contribution in [3.05, 3.63) is 11.9 Å². The summed E-state index contributed by atoms with van der Waals surface area (Å²) < 4.78 is 0. The van der Waals surface area contributed by atoms with Crippen LogP contribution in [0.25, 0.3) is 0 Å². The summed E-state index contributed by atoms with van der Waals surface area (Å²) in [5.41, 5.74) is 1.80. The highest BCUT2D eigenvalue weighted by Crippen LogP contribution is 2.63. The fourth-order valence-electron chi connectivity index (χ4n) is 2.96. The standard InChI is InChI=1S/C16H28N4/c1-7-9-17-12-11(8-2)13(19-10-18-12)20-14-15(3,4)16(14,5)6/h10,14H,7-9H2,1-6H3,(H2,17,18,19,20). The molecule has 0 unspecified atom stereocenters. The van der Waals surface area contributed by atoms with E-state index in [4.69, 9.17) is 0 Å². The van der Waals surface area contributed by atoms with E-state index in [9.17, 15) is 0 Å². The van der Waals surface area contributed by atoms with Gasteiger partial charge in [0.1, 0.15) is 18.0 Å². The summed E-state index contributed by atoms with van der Waals surface area (Å²) in [5.74, 6) is 1.97. The zero-order valence-electron chi connectivity index (χ0n) is 13.7. The van der Waals surface area contributed by atoms with E-state index in [1.807, 2.05) is 0 Å². The van der Waals surface area contributed by atoms with Crippen LogP contribution in [-0.2, 0) is 6.42 Å². The molecule has 2 N–H and O–H groups in total. The smallest absolute Gasteiger partial charge is 0.134 e. The fraction of sp³-hybridized carbons (Fsp3) is 0.750. The largest absolute Gasteiger partial charge is 0.370 e. The van der Waals surface area contributed by atoms with Crippen LogP contribution in [-0.4, -0.2) is 22.6 Å². The molecular weight excluding hydrogens is 248 g/mol. The minimum absolute atomic E-state index is 0.306. The minimum Gasteiger partial charge on any atom is -0.370 e. The molecule has 1 aliphatic rings. The monoisotopic (exact) mass is 276 g/mol. The number of hydrogen-bond donors (Lipinski definition) is 2. The van der Waals surface area contributed by atoms with Gasteiger partial charge in [-0.3, -0.25) is 0 Å². The number of nitrogens with zero attached hydrogens (tertiary/aromatic N) is 2. The first-order chi connectivity index (χ1) is 9.36. The normalized spacial score (nSPS) is 19.7. The van der Waals surface area contributed by atoms with Crippen molar-refractivity contribution in [2.45, 2.75) is 60.4 Å². The number of nitrogens with one attached hydrogen (secondary N) is 2. The third kappa shape index (κ3) is 2.36. The van der Waals surface area contributed by atoms with Gasteiger partial charge >= 0.3 is 0 Å². The molecule has 1 aromatic heterocycles. The lowest BCUT2D eigenvalue weighted by Gasteiger charge is -2.15. The highest BCUT2D eigenvalue weighted by atomic mass is 15.1. The maximum Gasteiger partial charge on any atom is 0.134 e. The van der Waals surface area contributed by atoms with Crippen LogP contribution in [0.2, 0.25) is 0 Å². The Labute approximate surface area is 122 Å². The highest BCUT2D eigenvalue weighted by molar-refractivity contribution is 5.59. The lowest BCUT2D eigenvalue weighted by atomic mass is 10.0. The highest BCUT2D eigenvalue weighted by Gasteiger charge is 2.65. The summed E-state index contributed by atoms with van der Waals surface area (Å²) in [6, 6.07) is 0.467. The van der Waals surface area contributed by atoms with Gasteiger partial charge in [0.05, 0.1) is 0 Å². The Morgan fingerprint density at radius 3 is 2.15 bits per heavy atom. The lowest BCUT2D eigenvalue weighted by Crippen LogP contribution is -2.15. The molecule has 1 saturated carbocycles. The van der Waals surface area contributed by atoms with Gasteiger partial charge in [-0.25, -0.2) is 9.97 Å². The average molecular weight is 276 g/mol. The Balaban J connectivity index is 2.20. The van der Waals surface area contributed by atoms with Crippen LogP contribution < -0.4 is 10.6 Å². The SMILES string of the molecule is CCCNc1ncnc(NC2C(C)(C)C2(C)C)c1CC. The van der Waals surface area contributed by atoms with Crippen molar-refractivity contribution in [1.29, 1.82) is 0 Å². The number of hydrogen-bond acceptors (Lipinski definition) is 4. The molecule has 0 amide bonds. The molecule has 0 aliphatic heterocycles. The second kappa shape index (κ2) is 5.23. The molecule has 1 fully saturated rings. The van der Waals surface area contributed by atoms with E-state index in [-0.39, 0.29) is 0 Å². The predicted octanol–water partition coefficient (Wildman–Crippen LogP) is 3.71. The second-order valence-corrected chi connectivity index (χ2v) is 6.85. The van der Waals surface area contributed by atoms with E-state index >= 15 is 0 Å². The zero-order valence-corrected chi connectivity index (χ0v) is 13.7. The summed E-state index contributed by atoms with van der Waals surface area (Å²) in [4.78, 5) is 8.85. The van der Waals surface area contributed by atoms with Crippen LogP contribution in [0.3, 0.4) is 0 Å². The van der Waals surface area contributed by atoms with Crippen LogP contribution in [0.4, 0.5) is 11.6 Å². The van der Waals surface area contributed by atoms with E-state index in [2.05, 4.69) is 62.1 Å². The van der Waals surface area contributed by atoms with Gasteiger partial charge in [0.15, 0.2) is 0 Å². The first-order valence-corrected chi connectivity index (χ1v) is 7.70. The van der Waals surface area contributed by atoms with E-state index in [0.29, 0.717) is 16.9 Å². The molecule has 0 radical (unpaired) electrons. The Morgan fingerprint density at radius 1 is 1.05 bits per heavy atom. The summed E-state index contributed by atoms with van der Waals surface area (Å²) in [5, 5.41) is 7.04. The van der Waals surface area contributed by atoms with Crippen LogP contribution >= 0.6 is 0 Å². The molecule has 112 valence electrons. The Kier molecular flexibility index (Phi) is 3.94. The average Bonchev–Trinajstić information content (AvgIpc) is 2.79. The Hall–Kier alpha value is -1.32. The van der Waals surface area contributed by atoms with Crippen molar-refractivity contribution in [3.8, 4) is 0 Å². The predicted molar refractivity (Wildman–Crippen MR) is 85.2 cm³/mol. The van der Waals surface area contributed by atoms with Crippen molar-refractivity contribution in [2.24, 2.45) is 10.8 Å². The van der Waals surface area contributed by atoms with Gasteiger partial charge in [-0.2, -0.15) is 0 Å². The van der Waals surface area contributed by atoms with Gasteiger partial charge in [0.25, 0.3) is 0 Å². The topological polar surface area (TPSA) is 49.8 Å².